The lowest BCUT2D eigenvalue weighted by molar-refractivity contribution is -0.178. The minimum atomic E-state index is 0.639. The fourth-order valence-corrected chi connectivity index (χ4v) is 0.948. The SMILES string of the molecule is COOc1ccc(C)c(OC)c1. The van der Waals surface area contributed by atoms with E-state index in [2.05, 4.69) is 4.89 Å². The van der Waals surface area contributed by atoms with Crippen molar-refractivity contribution in [2.75, 3.05) is 14.2 Å². The van der Waals surface area contributed by atoms with Crippen LogP contribution in [-0.2, 0) is 4.89 Å². The zero-order chi connectivity index (χ0) is 8.97. The Morgan fingerprint density at radius 3 is 2.50 bits per heavy atom. The molecule has 0 bridgehead atoms. The van der Waals surface area contributed by atoms with Crippen molar-refractivity contribution >= 4 is 0 Å². The van der Waals surface area contributed by atoms with E-state index < -0.39 is 0 Å². The molecule has 0 aliphatic carbocycles. The Morgan fingerprint density at radius 1 is 1.17 bits per heavy atom. The van der Waals surface area contributed by atoms with Crippen LogP contribution in [0, 0.1) is 6.92 Å². The molecule has 0 atom stereocenters. The summed E-state index contributed by atoms with van der Waals surface area (Å²) in [5, 5.41) is 0. The number of hydrogen-bond acceptors (Lipinski definition) is 3. The molecule has 0 saturated carbocycles. The molecule has 0 unspecified atom stereocenters. The molecule has 0 aliphatic heterocycles. The van der Waals surface area contributed by atoms with Crippen molar-refractivity contribution in [1.29, 1.82) is 0 Å². The molecule has 3 nitrogen and oxygen atoms in total. The Labute approximate surface area is 71.8 Å². The van der Waals surface area contributed by atoms with Gasteiger partial charge in [0.25, 0.3) is 0 Å². The Kier molecular flexibility index (Phi) is 2.94. The van der Waals surface area contributed by atoms with Crippen molar-refractivity contribution in [2.24, 2.45) is 0 Å². The van der Waals surface area contributed by atoms with Crippen LogP contribution in [0.25, 0.3) is 0 Å². The second kappa shape index (κ2) is 3.97. The molecule has 0 amide bonds. The highest BCUT2D eigenvalue weighted by Gasteiger charge is 2.00. The van der Waals surface area contributed by atoms with E-state index in [-0.39, 0.29) is 0 Å². The molecule has 66 valence electrons. The normalized spacial score (nSPS) is 9.58. The van der Waals surface area contributed by atoms with Gasteiger partial charge in [-0.1, -0.05) is 6.07 Å². The van der Waals surface area contributed by atoms with Crippen LogP contribution in [0.15, 0.2) is 18.2 Å². The van der Waals surface area contributed by atoms with Gasteiger partial charge in [-0.15, -0.1) is 0 Å². The van der Waals surface area contributed by atoms with Gasteiger partial charge in [0.15, 0.2) is 5.75 Å². The highest BCUT2D eigenvalue weighted by molar-refractivity contribution is 5.39. The molecule has 0 N–H and O–H groups in total. The first-order valence-electron chi connectivity index (χ1n) is 3.63. The molecule has 0 aromatic heterocycles. The summed E-state index contributed by atoms with van der Waals surface area (Å²) in [6.07, 6.45) is 0. The predicted molar refractivity (Wildman–Crippen MR) is 45.4 cm³/mol. The maximum atomic E-state index is 5.10. The van der Waals surface area contributed by atoms with Crippen LogP contribution in [0.4, 0.5) is 0 Å². The first kappa shape index (κ1) is 8.87. The van der Waals surface area contributed by atoms with E-state index in [4.69, 9.17) is 9.62 Å². The Hall–Kier alpha value is -1.22. The molecule has 1 aromatic carbocycles. The van der Waals surface area contributed by atoms with E-state index in [1.54, 1.807) is 13.2 Å². The number of aryl methyl sites for hydroxylation is 1. The topological polar surface area (TPSA) is 27.7 Å². The maximum Gasteiger partial charge on any atom is 0.169 e. The minimum absolute atomic E-state index is 0.639. The second-order valence-corrected chi connectivity index (χ2v) is 2.38. The molecule has 0 heterocycles. The largest absolute Gasteiger partial charge is 0.496 e. The number of ether oxygens (including phenoxy) is 1. The lowest BCUT2D eigenvalue weighted by Crippen LogP contribution is -1.92. The van der Waals surface area contributed by atoms with Gasteiger partial charge in [-0.05, 0) is 18.6 Å². The van der Waals surface area contributed by atoms with Gasteiger partial charge in [0.2, 0.25) is 0 Å². The van der Waals surface area contributed by atoms with Gasteiger partial charge in [-0.2, -0.15) is 4.89 Å². The zero-order valence-corrected chi connectivity index (χ0v) is 7.46. The highest BCUT2D eigenvalue weighted by atomic mass is 17.2. The third-order valence-electron chi connectivity index (χ3n) is 1.56. The average molecular weight is 168 g/mol. The monoisotopic (exact) mass is 168 g/mol. The van der Waals surface area contributed by atoms with E-state index in [0.717, 1.165) is 11.3 Å². The van der Waals surface area contributed by atoms with E-state index >= 15 is 0 Å². The van der Waals surface area contributed by atoms with E-state index in [9.17, 15) is 0 Å². The van der Waals surface area contributed by atoms with Crippen LogP contribution in [0.2, 0.25) is 0 Å². The molecule has 0 saturated heterocycles. The molecule has 3 heteroatoms. The van der Waals surface area contributed by atoms with Crippen LogP contribution in [-0.4, -0.2) is 14.2 Å². The van der Waals surface area contributed by atoms with Crippen LogP contribution in [0.5, 0.6) is 11.5 Å². The first-order valence-corrected chi connectivity index (χ1v) is 3.63. The van der Waals surface area contributed by atoms with Crippen molar-refractivity contribution in [3.05, 3.63) is 23.8 Å². The second-order valence-electron chi connectivity index (χ2n) is 2.38. The van der Waals surface area contributed by atoms with Crippen molar-refractivity contribution in [3.8, 4) is 11.5 Å². The third kappa shape index (κ3) is 1.89. The summed E-state index contributed by atoms with van der Waals surface area (Å²) < 4.78 is 5.10. The molecule has 12 heavy (non-hydrogen) atoms. The summed E-state index contributed by atoms with van der Waals surface area (Å²) in [5.74, 6) is 1.43. The molecule has 0 spiro atoms. The van der Waals surface area contributed by atoms with Crippen LogP contribution >= 0.6 is 0 Å². The van der Waals surface area contributed by atoms with Crippen LogP contribution in [0.3, 0.4) is 0 Å². The maximum absolute atomic E-state index is 5.10. The summed E-state index contributed by atoms with van der Waals surface area (Å²) in [6, 6.07) is 5.51. The van der Waals surface area contributed by atoms with Crippen LogP contribution < -0.4 is 9.62 Å². The summed E-state index contributed by atoms with van der Waals surface area (Å²) in [5.41, 5.74) is 1.07. The van der Waals surface area contributed by atoms with Gasteiger partial charge in [0.05, 0.1) is 14.2 Å². The molecule has 0 aliphatic rings. The third-order valence-corrected chi connectivity index (χ3v) is 1.56. The Bertz CT molecular complexity index is 258. The molecular weight excluding hydrogens is 156 g/mol. The standard InChI is InChI=1S/C9H12O3/c1-7-4-5-8(12-11-3)6-9(7)10-2/h4-6H,1-3H3. The van der Waals surface area contributed by atoms with Gasteiger partial charge >= 0.3 is 0 Å². The lowest BCUT2D eigenvalue weighted by atomic mass is 10.2. The zero-order valence-electron chi connectivity index (χ0n) is 7.46. The summed E-state index contributed by atoms with van der Waals surface area (Å²) in [6.45, 7) is 1.97. The smallest absolute Gasteiger partial charge is 0.169 e. The van der Waals surface area contributed by atoms with Crippen molar-refractivity contribution in [2.45, 2.75) is 6.92 Å². The predicted octanol–water partition coefficient (Wildman–Crippen LogP) is 1.94. The molecule has 1 aromatic rings. The average Bonchev–Trinajstić information content (AvgIpc) is 2.09. The van der Waals surface area contributed by atoms with Gasteiger partial charge in [-0.3, -0.25) is 0 Å². The van der Waals surface area contributed by atoms with Crippen molar-refractivity contribution in [1.82, 2.24) is 0 Å². The van der Waals surface area contributed by atoms with Crippen LogP contribution in [0.1, 0.15) is 5.56 Å². The summed E-state index contributed by atoms with van der Waals surface area (Å²) >= 11 is 0. The van der Waals surface area contributed by atoms with E-state index in [1.165, 1.54) is 7.11 Å². The van der Waals surface area contributed by atoms with Gasteiger partial charge in [0, 0.05) is 6.07 Å². The van der Waals surface area contributed by atoms with E-state index in [0.29, 0.717) is 5.75 Å². The summed E-state index contributed by atoms with van der Waals surface area (Å²) in [7, 11) is 3.09. The highest BCUT2D eigenvalue weighted by Crippen LogP contribution is 2.23. The van der Waals surface area contributed by atoms with Gasteiger partial charge in [-0.25, -0.2) is 0 Å². The molecule has 0 radical (unpaired) electrons. The lowest BCUT2D eigenvalue weighted by Gasteiger charge is -2.06. The number of hydrogen-bond donors (Lipinski definition) is 0. The fraction of sp³-hybridized carbons (Fsp3) is 0.333. The fourth-order valence-electron chi connectivity index (χ4n) is 0.948. The Balaban J connectivity index is 2.89. The summed E-state index contributed by atoms with van der Waals surface area (Å²) in [4.78, 5) is 9.34. The Morgan fingerprint density at radius 2 is 1.92 bits per heavy atom. The van der Waals surface area contributed by atoms with Crippen molar-refractivity contribution < 1.29 is 14.5 Å². The number of rotatable bonds is 3. The number of methoxy groups -OCH3 is 1. The minimum Gasteiger partial charge on any atom is -0.496 e. The number of benzene rings is 1. The molecule has 1 rings (SSSR count). The first-order chi connectivity index (χ1) is 5.77. The molecule has 0 fully saturated rings. The van der Waals surface area contributed by atoms with Gasteiger partial charge in [0.1, 0.15) is 5.75 Å². The van der Waals surface area contributed by atoms with Gasteiger partial charge < -0.3 is 9.62 Å². The quantitative estimate of drug-likeness (QED) is 0.510. The van der Waals surface area contributed by atoms with Crippen molar-refractivity contribution in [3.63, 3.8) is 0 Å². The molecular formula is C9H12O3. The van der Waals surface area contributed by atoms with E-state index in [1.807, 2.05) is 19.1 Å².